The summed E-state index contributed by atoms with van der Waals surface area (Å²) in [4.78, 5) is 4.65. The smallest absolute Gasteiger partial charge is 0.216 e. The average molecular weight is 447 g/mol. The Bertz CT molecular complexity index is 1380. The lowest BCUT2D eigenvalue weighted by molar-refractivity contribution is 0.396. The normalized spacial score (nSPS) is 13.3. The van der Waals surface area contributed by atoms with Crippen LogP contribution in [-0.2, 0) is 18.3 Å². The highest BCUT2D eigenvalue weighted by Gasteiger charge is 2.27. The second kappa shape index (κ2) is 9.93. The molecule has 0 spiro atoms. The molecule has 0 saturated heterocycles. The molecule has 1 unspecified atom stereocenters. The van der Waals surface area contributed by atoms with Gasteiger partial charge >= 0.3 is 0 Å². The minimum Gasteiger partial charge on any atom is -0.481 e. The molecule has 3 heteroatoms. The first kappa shape index (κ1) is 23.3. The first-order valence-electron chi connectivity index (χ1n) is 11.6. The molecule has 1 aromatic heterocycles. The van der Waals surface area contributed by atoms with E-state index >= 15 is 0 Å². The second-order valence-electron chi connectivity index (χ2n) is 9.24. The fraction of sp³-hybridized carbons (Fsp3) is 0.226. The van der Waals surface area contributed by atoms with Gasteiger partial charge in [0.1, 0.15) is 0 Å². The highest BCUT2D eigenvalue weighted by Crippen LogP contribution is 2.31. The molecule has 0 aliphatic rings. The van der Waals surface area contributed by atoms with Crippen LogP contribution in [0.1, 0.15) is 41.7 Å². The average Bonchev–Trinajstić information content (AvgIpc) is 2.84. The van der Waals surface area contributed by atoms with Crippen LogP contribution >= 0.6 is 0 Å². The van der Waals surface area contributed by atoms with Gasteiger partial charge in [0.15, 0.2) is 0 Å². The van der Waals surface area contributed by atoms with Crippen LogP contribution in [0.25, 0.3) is 17.0 Å². The van der Waals surface area contributed by atoms with Crippen molar-refractivity contribution in [3.63, 3.8) is 0 Å². The fourth-order valence-electron chi connectivity index (χ4n) is 4.48. The number of aromatic nitrogens is 1. The summed E-state index contributed by atoms with van der Waals surface area (Å²) in [6, 6.07) is 29.7. The third-order valence-electron chi connectivity index (χ3n) is 6.28. The molecular weight excluding hydrogens is 416 g/mol. The minimum absolute atomic E-state index is 0.620. The van der Waals surface area contributed by atoms with Gasteiger partial charge in [-0.15, -0.1) is 0 Å². The van der Waals surface area contributed by atoms with Crippen molar-refractivity contribution >= 4 is 17.0 Å². The molecule has 1 atom stereocenters. The van der Waals surface area contributed by atoms with Crippen molar-refractivity contribution in [3.05, 3.63) is 112 Å². The number of fused-ring (bicyclic) bond motifs is 1. The van der Waals surface area contributed by atoms with Gasteiger partial charge in [0, 0.05) is 10.9 Å². The van der Waals surface area contributed by atoms with Gasteiger partial charge in [0.2, 0.25) is 5.88 Å². The summed E-state index contributed by atoms with van der Waals surface area (Å²) in [5.74, 6) is 0.620. The molecule has 0 radical (unpaired) electrons. The second-order valence-corrected chi connectivity index (χ2v) is 9.24. The van der Waals surface area contributed by atoms with E-state index in [2.05, 4.69) is 84.7 Å². The first-order chi connectivity index (χ1) is 16.4. The molecule has 0 N–H and O–H groups in total. The summed E-state index contributed by atoms with van der Waals surface area (Å²) >= 11 is 0. The van der Waals surface area contributed by atoms with Gasteiger partial charge in [-0.2, -0.15) is 5.26 Å². The van der Waals surface area contributed by atoms with Crippen molar-refractivity contribution in [2.45, 2.75) is 39.0 Å². The van der Waals surface area contributed by atoms with Crippen LogP contribution in [0, 0.1) is 18.3 Å². The Morgan fingerprint density at radius 2 is 1.76 bits per heavy atom. The van der Waals surface area contributed by atoms with E-state index in [1.807, 2.05) is 32.0 Å². The van der Waals surface area contributed by atoms with E-state index in [1.165, 1.54) is 16.7 Å². The number of ether oxygens (including phenoxy) is 1. The van der Waals surface area contributed by atoms with Gasteiger partial charge in [-0.25, -0.2) is 4.98 Å². The molecule has 0 aliphatic heterocycles. The van der Waals surface area contributed by atoms with E-state index in [0.29, 0.717) is 12.3 Å². The van der Waals surface area contributed by atoms with Gasteiger partial charge < -0.3 is 4.74 Å². The standard InChI is InChI=1S/C31H30N2O/c1-22(15-24-9-6-5-7-10-24)16-25-11-8-12-26(18-25)20-31(3,21-32)28-14-13-27-17-23(2)30(34-4)33-29(27)19-28/h5-15,17-19H,16,20H2,1-4H3/b22-15+. The number of hydrogen-bond acceptors (Lipinski definition) is 3. The largest absolute Gasteiger partial charge is 0.481 e. The van der Waals surface area contributed by atoms with Crippen molar-refractivity contribution in [2.75, 3.05) is 7.11 Å². The lowest BCUT2D eigenvalue weighted by Gasteiger charge is -2.23. The number of nitrogens with zero attached hydrogens (tertiary/aromatic N) is 2. The van der Waals surface area contributed by atoms with Crippen LogP contribution in [0.4, 0.5) is 0 Å². The Morgan fingerprint density at radius 3 is 2.50 bits per heavy atom. The lowest BCUT2D eigenvalue weighted by atomic mass is 9.78. The zero-order valence-corrected chi connectivity index (χ0v) is 20.3. The van der Waals surface area contributed by atoms with Crippen LogP contribution in [0.5, 0.6) is 5.88 Å². The summed E-state index contributed by atoms with van der Waals surface area (Å²) in [6.45, 7) is 6.16. The topological polar surface area (TPSA) is 45.9 Å². The molecule has 0 amide bonds. The summed E-state index contributed by atoms with van der Waals surface area (Å²) in [6.07, 6.45) is 3.74. The number of aryl methyl sites for hydroxylation is 1. The number of allylic oxidation sites excluding steroid dienone is 1. The highest BCUT2D eigenvalue weighted by atomic mass is 16.5. The minimum atomic E-state index is -0.665. The van der Waals surface area contributed by atoms with Gasteiger partial charge in [-0.3, -0.25) is 0 Å². The van der Waals surface area contributed by atoms with Crippen molar-refractivity contribution in [2.24, 2.45) is 0 Å². The zero-order valence-electron chi connectivity index (χ0n) is 20.3. The van der Waals surface area contributed by atoms with E-state index in [9.17, 15) is 5.26 Å². The van der Waals surface area contributed by atoms with Gasteiger partial charge in [0.25, 0.3) is 0 Å². The molecule has 0 saturated carbocycles. The molecular formula is C31H30N2O. The molecule has 4 aromatic rings. The van der Waals surface area contributed by atoms with Crippen LogP contribution in [0.3, 0.4) is 0 Å². The number of benzene rings is 3. The van der Waals surface area contributed by atoms with Gasteiger partial charge in [-0.05, 0) is 68.0 Å². The Balaban J connectivity index is 1.59. The van der Waals surface area contributed by atoms with Crippen LogP contribution in [-0.4, -0.2) is 12.1 Å². The van der Waals surface area contributed by atoms with Crippen molar-refractivity contribution in [1.29, 1.82) is 5.26 Å². The van der Waals surface area contributed by atoms with Crippen molar-refractivity contribution < 1.29 is 4.74 Å². The summed E-state index contributed by atoms with van der Waals surface area (Å²) in [5, 5.41) is 11.2. The van der Waals surface area contributed by atoms with Crippen LogP contribution in [0.2, 0.25) is 0 Å². The molecule has 3 nitrogen and oxygen atoms in total. The Morgan fingerprint density at radius 1 is 1.00 bits per heavy atom. The maximum Gasteiger partial charge on any atom is 0.216 e. The van der Waals surface area contributed by atoms with E-state index in [0.717, 1.165) is 34.0 Å². The summed E-state index contributed by atoms with van der Waals surface area (Å²) < 4.78 is 5.40. The Hall–Kier alpha value is -3.90. The lowest BCUT2D eigenvalue weighted by Crippen LogP contribution is -2.23. The third-order valence-corrected chi connectivity index (χ3v) is 6.28. The summed E-state index contributed by atoms with van der Waals surface area (Å²) in [5.41, 5.74) is 7.07. The van der Waals surface area contributed by atoms with E-state index in [1.54, 1.807) is 7.11 Å². The van der Waals surface area contributed by atoms with Crippen molar-refractivity contribution in [3.8, 4) is 11.9 Å². The predicted molar refractivity (Wildman–Crippen MR) is 140 cm³/mol. The number of rotatable bonds is 7. The number of hydrogen-bond donors (Lipinski definition) is 0. The number of pyridine rings is 1. The molecule has 0 aliphatic carbocycles. The Kier molecular flexibility index (Phi) is 6.80. The van der Waals surface area contributed by atoms with Gasteiger partial charge in [-0.1, -0.05) is 78.4 Å². The van der Waals surface area contributed by atoms with Crippen LogP contribution in [0.15, 0.2) is 84.4 Å². The monoisotopic (exact) mass is 446 g/mol. The quantitative estimate of drug-likeness (QED) is 0.301. The van der Waals surface area contributed by atoms with E-state index < -0.39 is 5.41 Å². The van der Waals surface area contributed by atoms with E-state index in [-0.39, 0.29) is 0 Å². The number of nitriles is 1. The molecule has 1 heterocycles. The third kappa shape index (κ3) is 5.18. The van der Waals surface area contributed by atoms with Crippen molar-refractivity contribution in [1.82, 2.24) is 4.98 Å². The molecule has 4 rings (SSSR count). The molecule has 0 bridgehead atoms. The van der Waals surface area contributed by atoms with Crippen LogP contribution < -0.4 is 4.74 Å². The zero-order chi connectivity index (χ0) is 24.1. The highest BCUT2D eigenvalue weighted by molar-refractivity contribution is 5.81. The Labute approximate surface area is 202 Å². The fourth-order valence-corrected chi connectivity index (χ4v) is 4.48. The van der Waals surface area contributed by atoms with Gasteiger partial charge in [0.05, 0.1) is 24.1 Å². The molecule has 0 fully saturated rings. The molecule has 34 heavy (non-hydrogen) atoms. The molecule has 170 valence electrons. The molecule has 3 aromatic carbocycles. The first-order valence-corrected chi connectivity index (χ1v) is 11.6. The number of methoxy groups -OCH3 is 1. The van der Waals surface area contributed by atoms with E-state index in [4.69, 9.17) is 4.74 Å². The predicted octanol–water partition coefficient (Wildman–Crippen LogP) is 7.22. The maximum atomic E-state index is 10.2. The maximum absolute atomic E-state index is 10.2. The SMILES string of the molecule is COc1nc2cc(C(C)(C#N)Cc3cccc(C/C(C)=C/c4ccccc4)c3)ccc2cc1C. The summed E-state index contributed by atoms with van der Waals surface area (Å²) in [7, 11) is 1.63.